The highest BCUT2D eigenvalue weighted by molar-refractivity contribution is 5.85. The monoisotopic (exact) mass is 162 g/mol. The van der Waals surface area contributed by atoms with E-state index >= 15 is 0 Å². The summed E-state index contributed by atoms with van der Waals surface area (Å²) < 4.78 is 0. The van der Waals surface area contributed by atoms with Gasteiger partial charge < -0.3 is 5.73 Å². The van der Waals surface area contributed by atoms with Gasteiger partial charge in [-0.15, -0.1) is 12.4 Å². The Morgan fingerprint density at radius 1 is 1.50 bits per heavy atom. The first-order valence-corrected chi connectivity index (χ1v) is 3.39. The zero-order valence-electron chi connectivity index (χ0n) is 6.55. The smallest absolute Gasteiger partial charge is 0.0937 e. The molecule has 0 atom stereocenters. The molecule has 0 fully saturated rings. The normalized spacial score (nSPS) is 22.8. The first-order valence-electron chi connectivity index (χ1n) is 3.39. The first kappa shape index (κ1) is 9.76. The standard InChI is InChI=1S/C7H14N2.ClH/c1-7(2)4-3-6(8)9-5-7;/h3-5H2,1-2H3,(H2,8,9);1H. The van der Waals surface area contributed by atoms with E-state index in [1.54, 1.807) is 0 Å². The highest BCUT2D eigenvalue weighted by atomic mass is 35.5. The van der Waals surface area contributed by atoms with Crippen LogP contribution in [0.15, 0.2) is 4.99 Å². The van der Waals surface area contributed by atoms with Gasteiger partial charge in [-0.1, -0.05) is 13.8 Å². The van der Waals surface area contributed by atoms with Crippen molar-refractivity contribution in [1.82, 2.24) is 0 Å². The van der Waals surface area contributed by atoms with E-state index in [1.165, 1.54) is 6.42 Å². The summed E-state index contributed by atoms with van der Waals surface area (Å²) >= 11 is 0. The zero-order chi connectivity index (χ0) is 6.91. The first-order chi connectivity index (χ1) is 4.10. The second-order valence-corrected chi connectivity index (χ2v) is 3.47. The van der Waals surface area contributed by atoms with Crippen molar-refractivity contribution in [3.8, 4) is 0 Å². The van der Waals surface area contributed by atoms with Gasteiger partial charge in [0.05, 0.1) is 5.84 Å². The van der Waals surface area contributed by atoms with Crippen LogP contribution in [-0.2, 0) is 0 Å². The number of hydrogen-bond donors (Lipinski definition) is 1. The van der Waals surface area contributed by atoms with Gasteiger partial charge in [0, 0.05) is 13.0 Å². The number of aliphatic imine (C=N–C) groups is 1. The molecular formula is C7H15ClN2. The molecule has 60 valence electrons. The van der Waals surface area contributed by atoms with Crippen LogP contribution >= 0.6 is 12.4 Å². The molecular weight excluding hydrogens is 148 g/mol. The van der Waals surface area contributed by atoms with Gasteiger partial charge in [-0.3, -0.25) is 4.99 Å². The number of rotatable bonds is 0. The quantitative estimate of drug-likeness (QED) is 0.577. The molecule has 0 radical (unpaired) electrons. The lowest BCUT2D eigenvalue weighted by Gasteiger charge is -2.26. The lowest BCUT2D eigenvalue weighted by atomic mass is 9.86. The predicted molar refractivity (Wildman–Crippen MR) is 46.8 cm³/mol. The molecule has 1 rings (SSSR count). The van der Waals surface area contributed by atoms with Crippen LogP contribution in [0.4, 0.5) is 0 Å². The molecule has 0 aromatic rings. The summed E-state index contributed by atoms with van der Waals surface area (Å²) in [5, 5.41) is 0. The molecule has 0 saturated carbocycles. The number of amidine groups is 1. The number of nitrogens with two attached hydrogens (primary N) is 1. The van der Waals surface area contributed by atoms with E-state index in [2.05, 4.69) is 18.8 Å². The maximum Gasteiger partial charge on any atom is 0.0937 e. The maximum atomic E-state index is 5.51. The van der Waals surface area contributed by atoms with E-state index in [4.69, 9.17) is 5.73 Å². The van der Waals surface area contributed by atoms with Crippen LogP contribution in [0.5, 0.6) is 0 Å². The van der Waals surface area contributed by atoms with Gasteiger partial charge in [0.2, 0.25) is 0 Å². The Morgan fingerprint density at radius 3 is 2.40 bits per heavy atom. The van der Waals surface area contributed by atoms with E-state index in [0.717, 1.165) is 18.8 Å². The molecule has 0 aromatic carbocycles. The third kappa shape index (κ3) is 2.56. The Kier molecular flexibility index (Phi) is 3.16. The Hall–Kier alpha value is -0.240. The Balaban J connectivity index is 0.000000810. The average Bonchev–Trinajstić information content (AvgIpc) is 1.78. The molecule has 0 spiro atoms. The van der Waals surface area contributed by atoms with E-state index in [1.807, 2.05) is 0 Å². The molecule has 1 heterocycles. The van der Waals surface area contributed by atoms with Gasteiger partial charge in [0.15, 0.2) is 0 Å². The van der Waals surface area contributed by atoms with Gasteiger partial charge >= 0.3 is 0 Å². The molecule has 2 nitrogen and oxygen atoms in total. The lowest BCUT2D eigenvalue weighted by molar-refractivity contribution is 0.342. The van der Waals surface area contributed by atoms with Crippen LogP contribution in [0.3, 0.4) is 0 Å². The van der Waals surface area contributed by atoms with Crippen molar-refractivity contribution in [3.05, 3.63) is 0 Å². The SMILES string of the molecule is CC1(C)CCC(N)=NC1.Cl. The minimum absolute atomic E-state index is 0. The third-order valence-corrected chi connectivity index (χ3v) is 1.77. The van der Waals surface area contributed by atoms with E-state index in [0.29, 0.717) is 5.41 Å². The highest BCUT2D eigenvalue weighted by Gasteiger charge is 2.20. The van der Waals surface area contributed by atoms with Gasteiger partial charge in [0.1, 0.15) is 0 Å². The maximum absolute atomic E-state index is 5.51. The summed E-state index contributed by atoms with van der Waals surface area (Å²) in [5.74, 6) is 0.828. The Morgan fingerprint density at radius 2 is 2.10 bits per heavy atom. The minimum atomic E-state index is 0. The fourth-order valence-corrected chi connectivity index (χ4v) is 0.940. The summed E-state index contributed by atoms with van der Waals surface area (Å²) in [6, 6.07) is 0. The molecule has 0 aliphatic carbocycles. The van der Waals surface area contributed by atoms with Crippen LogP contribution in [0, 0.1) is 5.41 Å². The van der Waals surface area contributed by atoms with Crippen molar-refractivity contribution in [3.63, 3.8) is 0 Å². The van der Waals surface area contributed by atoms with E-state index in [9.17, 15) is 0 Å². The Labute approximate surface area is 68.3 Å². The molecule has 0 saturated heterocycles. The lowest BCUT2D eigenvalue weighted by Crippen LogP contribution is -2.27. The van der Waals surface area contributed by atoms with Crippen molar-refractivity contribution >= 4 is 18.2 Å². The largest absolute Gasteiger partial charge is 0.387 e. The van der Waals surface area contributed by atoms with Crippen LogP contribution in [0.1, 0.15) is 26.7 Å². The van der Waals surface area contributed by atoms with Gasteiger partial charge in [0.25, 0.3) is 0 Å². The van der Waals surface area contributed by atoms with Crippen LogP contribution < -0.4 is 5.73 Å². The molecule has 10 heavy (non-hydrogen) atoms. The van der Waals surface area contributed by atoms with Crippen molar-refractivity contribution in [2.24, 2.45) is 16.1 Å². The molecule has 1 aliphatic heterocycles. The van der Waals surface area contributed by atoms with Crippen LogP contribution in [0.25, 0.3) is 0 Å². The predicted octanol–water partition coefficient (Wildman–Crippen LogP) is 1.59. The van der Waals surface area contributed by atoms with Crippen molar-refractivity contribution in [1.29, 1.82) is 0 Å². The molecule has 0 bridgehead atoms. The minimum Gasteiger partial charge on any atom is -0.387 e. The van der Waals surface area contributed by atoms with Crippen molar-refractivity contribution in [2.75, 3.05) is 6.54 Å². The highest BCUT2D eigenvalue weighted by Crippen LogP contribution is 2.25. The Bertz CT molecular complexity index is 141. The zero-order valence-corrected chi connectivity index (χ0v) is 7.37. The number of nitrogens with zero attached hydrogens (tertiary/aromatic N) is 1. The molecule has 0 amide bonds. The molecule has 1 aliphatic rings. The van der Waals surface area contributed by atoms with Gasteiger partial charge in [-0.2, -0.15) is 0 Å². The average molecular weight is 163 g/mol. The summed E-state index contributed by atoms with van der Waals surface area (Å²) in [6.07, 6.45) is 2.16. The summed E-state index contributed by atoms with van der Waals surface area (Å²) in [7, 11) is 0. The third-order valence-electron chi connectivity index (χ3n) is 1.77. The van der Waals surface area contributed by atoms with Gasteiger partial charge in [-0.25, -0.2) is 0 Å². The summed E-state index contributed by atoms with van der Waals surface area (Å²) in [4.78, 5) is 4.18. The second-order valence-electron chi connectivity index (χ2n) is 3.47. The van der Waals surface area contributed by atoms with Crippen LogP contribution in [-0.4, -0.2) is 12.4 Å². The van der Waals surface area contributed by atoms with Crippen molar-refractivity contribution < 1.29 is 0 Å². The number of hydrogen-bond acceptors (Lipinski definition) is 2. The summed E-state index contributed by atoms with van der Waals surface area (Å²) in [5.41, 5.74) is 5.90. The topological polar surface area (TPSA) is 38.4 Å². The van der Waals surface area contributed by atoms with Crippen LogP contribution in [0.2, 0.25) is 0 Å². The van der Waals surface area contributed by atoms with E-state index in [-0.39, 0.29) is 12.4 Å². The fraction of sp³-hybridized carbons (Fsp3) is 0.857. The van der Waals surface area contributed by atoms with Gasteiger partial charge in [-0.05, 0) is 11.8 Å². The molecule has 2 N–H and O–H groups in total. The van der Waals surface area contributed by atoms with E-state index < -0.39 is 0 Å². The fourth-order valence-electron chi connectivity index (χ4n) is 0.940. The summed E-state index contributed by atoms with van der Waals surface area (Å²) in [6.45, 7) is 5.35. The second kappa shape index (κ2) is 3.24. The molecule has 0 unspecified atom stereocenters. The number of halogens is 1. The molecule has 3 heteroatoms. The van der Waals surface area contributed by atoms with Crippen molar-refractivity contribution in [2.45, 2.75) is 26.7 Å². The molecule has 0 aromatic heterocycles.